The zero-order chi connectivity index (χ0) is 14.8. The van der Waals surface area contributed by atoms with Gasteiger partial charge >= 0.3 is 0 Å². The summed E-state index contributed by atoms with van der Waals surface area (Å²) in [5.74, 6) is 0.484. The van der Waals surface area contributed by atoms with E-state index in [1.807, 2.05) is 0 Å². The Hall–Kier alpha value is -1.31. The minimum Gasteiger partial charge on any atom is -0.497 e. The number of anilines is 1. The zero-order valence-electron chi connectivity index (χ0n) is 10.9. The first-order valence-electron chi connectivity index (χ1n) is 5.61. The molecule has 2 aromatic rings. The third-order valence-electron chi connectivity index (χ3n) is 2.54. The number of sulfone groups is 1. The van der Waals surface area contributed by atoms with Crippen LogP contribution in [0.15, 0.2) is 29.3 Å². The highest BCUT2D eigenvalue weighted by Crippen LogP contribution is 2.25. The van der Waals surface area contributed by atoms with Crippen molar-refractivity contribution in [3.05, 3.63) is 33.7 Å². The Morgan fingerprint density at radius 1 is 1.40 bits per heavy atom. The third-order valence-corrected chi connectivity index (χ3v) is 4.74. The van der Waals surface area contributed by atoms with Crippen molar-refractivity contribution in [1.29, 1.82) is 0 Å². The number of thiazole rings is 1. The predicted molar refractivity (Wildman–Crippen MR) is 80.6 cm³/mol. The summed E-state index contributed by atoms with van der Waals surface area (Å²) >= 11 is 7.12. The first-order chi connectivity index (χ1) is 9.38. The minimum absolute atomic E-state index is 0.210. The van der Waals surface area contributed by atoms with Crippen molar-refractivity contribution in [3.63, 3.8) is 0 Å². The monoisotopic (exact) mass is 332 g/mol. The van der Waals surface area contributed by atoms with Gasteiger partial charge in [0.2, 0.25) is 0 Å². The maximum atomic E-state index is 11.6. The molecule has 108 valence electrons. The van der Waals surface area contributed by atoms with E-state index in [0.717, 1.165) is 11.1 Å². The number of aromatic nitrogens is 1. The number of halogens is 1. The number of nitrogens with zero attached hydrogens (tertiary/aromatic N) is 1. The Kier molecular flexibility index (Phi) is 4.52. The van der Waals surface area contributed by atoms with Gasteiger partial charge in [-0.2, -0.15) is 0 Å². The quantitative estimate of drug-likeness (QED) is 0.911. The first kappa shape index (κ1) is 15.1. The molecule has 1 aromatic carbocycles. The fourth-order valence-corrected chi connectivity index (χ4v) is 3.15. The second kappa shape index (κ2) is 5.99. The van der Waals surface area contributed by atoms with Crippen LogP contribution in [0.1, 0.15) is 4.88 Å². The van der Waals surface area contributed by atoms with Crippen molar-refractivity contribution in [2.45, 2.75) is 11.4 Å². The number of hydrogen-bond donors (Lipinski definition) is 1. The lowest BCUT2D eigenvalue weighted by Crippen LogP contribution is -2.02. The number of methoxy groups -OCH3 is 1. The van der Waals surface area contributed by atoms with Crippen molar-refractivity contribution >= 4 is 38.5 Å². The minimum atomic E-state index is -3.29. The normalized spacial score (nSPS) is 11.3. The van der Waals surface area contributed by atoms with E-state index in [4.69, 9.17) is 16.3 Å². The standard InChI is InChI=1S/C12H13ClN2O3S2/c1-18-9-3-8(4-11(5-9)20(2,16)17)14-6-10-7-15-12(13)19-10/h3-5,7,14H,6H2,1-2H3. The third kappa shape index (κ3) is 3.84. The molecule has 0 fully saturated rings. The van der Waals surface area contributed by atoms with Crippen LogP contribution in [0.25, 0.3) is 0 Å². The molecule has 1 aromatic heterocycles. The highest BCUT2D eigenvalue weighted by Gasteiger charge is 2.11. The fraction of sp³-hybridized carbons (Fsp3) is 0.250. The largest absolute Gasteiger partial charge is 0.497 e. The lowest BCUT2D eigenvalue weighted by atomic mass is 10.3. The summed E-state index contributed by atoms with van der Waals surface area (Å²) in [6.45, 7) is 0.515. The smallest absolute Gasteiger partial charge is 0.183 e. The van der Waals surface area contributed by atoms with Crippen molar-refractivity contribution in [3.8, 4) is 5.75 Å². The van der Waals surface area contributed by atoms with E-state index in [1.165, 1.54) is 24.5 Å². The van der Waals surface area contributed by atoms with E-state index in [1.54, 1.807) is 18.3 Å². The summed E-state index contributed by atoms with van der Waals surface area (Å²) in [5.41, 5.74) is 0.661. The summed E-state index contributed by atoms with van der Waals surface area (Å²) in [6, 6.07) is 4.79. The molecule has 0 saturated carbocycles. The van der Waals surface area contributed by atoms with Gasteiger partial charge in [0, 0.05) is 29.1 Å². The molecule has 20 heavy (non-hydrogen) atoms. The average Bonchev–Trinajstić information content (AvgIpc) is 2.81. The van der Waals surface area contributed by atoms with Gasteiger partial charge in [-0.05, 0) is 12.1 Å². The molecule has 1 heterocycles. The van der Waals surface area contributed by atoms with E-state index in [2.05, 4.69) is 10.3 Å². The molecule has 0 atom stereocenters. The highest BCUT2D eigenvalue weighted by molar-refractivity contribution is 7.90. The molecule has 0 saturated heterocycles. The van der Waals surface area contributed by atoms with Crippen LogP contribution in [-0.4, -0.2) is 26.8 Å². The van der Waals surface area contributed by atoms with Gasteiger partial charge in [0.1, 0.15) is 5.75 Å². The van der Waals surface area contributed by atoms with E-state index in [-0.39, 0.29) is 4.90 Å². The molecular weight excluding hydrogens is 320 g/mol. The molecule has 0 bridgehead atoms. The SMILES string of the molecule is COc1cc(NCc2cnc(Cl)s2)cc(S(C)(=O)=O)c1. The van der Waals surface area contributed by atoms with E-state index >= 15 is 0 Å². The zero-order valence-corrected chi connectivity index (χ0v) is 13.3. The van der Waals surface area contributed by atoms with Crippen molar-refractivity contribution in [1.82, 2.24) is 4.98 Å². The van der Waals surface area contributed by atoms with E-state index in [0.29, 0.717) is 22.4 Å². The molecule has 0 spiro atoms. The van der Waals surface area contributed by atoms with Gasteiger partial charge in [0.05, 0.1) is 18.6 Å². The lowest BCUT2D eigenvalue weighted by Gasteiger charge is -2.09. The molecule has 0 aliphatic rings. The molecule has 0 amide bonds. The van der Waals surface area contributed by atoms with Crippen LogP contribution in [0.3, 0.4) is 0 Å². The Morgan fingerprint density at radius 2 is 2.15 bits per heavy atom. The van der Waals surface area contributed by atoms with E-state index < -0.39 is 9.84 Å². The first-order valence-corrected chi connectivity index (χ1v) is 8.70. The summed E-state index contributed by atoms with van der Waals surface area (Å²) in [5, 5.41) is 3.13. The van der Waals surface area contributed by atoms with Crippen LogP contribution in [0.5, 0.6) is 5.75 Å². The molecule has 8 heteroatoms. The Morgan fingerprint density at radius 3 is 2.70 bits per heavy atom. The Bertz CT molecular complexity index is 713. The second-order valence-corrected chi connectivity index (χ2v) is 7.82. The molecular formula is C12H13ClN2O3S2. The number of ether oxygens (including phenoxy) is 1. The number of nitrogens with one attached hydrogen (secondary N) is 1. The maximum absolute atomic E-state index is 11.6. The summed E-state index contributed by atoms with van der Waals surface area (Å²) in [4.78, 5) is 5.11. The fourth-order valence-electron chi connectivity index (χ4n) is 1.56. The molecule has 0 radical (unpaired) electrons. The molecule has 5 nitrogen and oxygen atoms in total. The van der Waals surface area contributed by atoms with Gasteiger partial charge in [-0.3, -0.25) is 0 Å². The van der Waals surface area contributed by atoms with E-state index in [9.17, 15) is 8.42 Å². The Labute approximate surface area is 126 Å². The van der Waals surface area contributed by atoms with Crippen LogP contribution in [-0.2, 0) is 16.4 Å². The van der Waals surface area contributed by atoms with Crippen molar-refractivity contribution < 1.29 is 13.2 Å². The van der Waals surface area contributed by atoms with Gasteiger partial charge in [-0.25, -0.2) is 13.4 Å². The number of benzene rings is 1. The topological polar surface area (TPSA) is 68.3 Å². The van der Waals surface area contributed by atoms with Crippen LogP contribution < -0.4 is 10.1 Å². The van der Waals surface area contributed by atoms with Gasteiger partial charge in [-0.1, -0.05) is 11.6 Å². The van der Waals surface area contributed by atoms with Crippen LogP contribution in [0, 0.1) is 0 Å². The molecule has 0 aliphatic carbocycles. The molecule has 0 aliphatic heterocycles. The van der Waals surface area contributed by atoms with Gasteiger partial charge in [-0.15, -0.1) is 11.3 Å². The molecule has 1 N–H and O–H groups in total. The van der Waals surface area contributed by atoms with Gasteiger partial charge < -0.3 is 10.1 Å². The van der Waals surface area contributed by atoms with Crippen molar-refractivity contribution in [2.75, 3.05) is 18.7 Å². The van der Waals surface area contributed by atoms with Crippen LogP contribution in [0.4, 0.5) is 5.69 Å². The van der Waals surface area contributed by atoms with Crippen LogP contribution >= 0.6 is 22.9 Å². The highest BCUT2D eigenvalue weighted by atomic mass is 35.5. The Balaban J connectivity index is 2.22. The van der Waals surface area contributed by atoms with Gasteiger partial charge in [0.15, 0.2) is 14.3 Å². The van der Waals surface area contributed by atoms with Crippen LogP contribution in [0.2, 0.25) is 4.47 Å². The van der Waals surface area contributed by atoms with Gasteiger partial charge in [0.25, 0.3) is 0 Å². The average molecular weight is 333 g/mol. The number of rotatable bonds is 5. The summed E-state index contributed by atoms with van der Waals surface area (Å²) < 4.78 is 28.8. The maximum Gasteiger partial charge on any atom is 0.183 e. The predicted octanol–water partition coefficient (Wildman–Crippen LogP) is 2.82. The van der Waals surface area contributed by atoms with Crippen molar-refractivity contribution in [2.24, 2.45) is 0 Å². The number of hydrogen-bond acceptors (Lipinski definition) is 6. The molecule has 0 unspecified atom stereocenters. The lowest BCUT2D eigenvalue weighted by molar-refractivity contribution is 0.413. The summed E-state index contributed by atoms with van der Waals surface area (Å²) in [7, 11) is -1.79. The second-order valence-electron chi connectivity index (χ2n) is 4.10. The summed E-state index contributed by atoms with van der Waals surface area (Å²) in [6.07, 6.45) is 2.84. The molecule has 2 rings (SSSR count).